The van der Waals surface area contributed by atoms with Crippen molar-refractivity contribution >= 4 is 28.4 Å². The van der Waals surface area contributed by atoms with Gasteiger partial charge in [0, 0.05) is 36.6 Å². The maximum atomic E-state index is 12.6. The predicted octanol–water partition coefficient (Wildman–Crippen LogP) is 3.15. The Morgan fingerprint density at radius 2 is 2.09 bits per heavy atom. The number of pyridine rings is 1. The number of rotatable bonds is 7. The zero-order valence-corrected chi connectivity index (χ0v) is 17.9. The fourth-order valence-electron chi connectivity index (χ4n) is 3.29. The van der Waals surface area contributed by atoms with Crippen molar-refractivity contribution in [2.45, 2.75) is 19.2 Å². The molecule has 33 heavy (non-hydrogen) atoms. The monoisotopic (exact) mass is 462 g/mol. The minimum atomic E-state index is -4.72. The highest BCUT2D eigenvalue weighted by Crippen LogP contribution is 2.33. The van der Waals surface area contributed by atoms with Crippen LogP contribution in [-0.4, -0.2) is 60.8 Å². The molecule has 0 saturated heterocycles. The summed E-state index contributed by atoms with van der Waals surface area (Å²) in [5.74, 6) is 0.891. The molecule has 4 aromatic rings. The number of aromatic nitrogens is 6. The van der Waals surface area contributed by atoms with Gasteiger partial charge in [0.2, 0.25) is 5.95 Å². The van der Waals surface area contributed by atoms with Crippen LogP contribution in [0.25, 0.3) is 22.2 Å². The molecule has 0 amide bonds. The van der Waals surface area contributed by atoms with Gasteiger partial charge < -0.3 is 25.5 Å². The van der Waals surface area contributed by atoms with Gasteiger partial charge >= 0.3 is 6.18 Å². The van der Waals surface area contributed by atoms with Gasteiger partial charge in [-0.1, -0.05) is 0 Å². The van der Waals surface area contributed by atoms with Gasteiger partial charge in [0.05, 0.1) is 31.1 Å². The number of aliphatic hydroxyl groups excluding tert-OH is 1. The van der Waals surface area contributed by atoms with Crippen molar-refractivity contribution in [3.8, 4) is 17.1 Å². The lowest BCUT2D eigenvalue weighted by Gasteiger charge is -2.15. The van der Waals surface area contributed by atoms with E-state index in [0.29, 0.717) is 39.7 Å². The van der Waals surface area contributed by atoms with E-state index in [1.807, 2.05) is 6.92 Å². The molecule has 0 aliphatic carbocycles. The molecule has 0 bridgehead atoms. The third-order valence-electron chi connectivity index (χ3n) is 4.90. The van der Waals surface area contributed by atoms with Gasteiger partial charge in [0.1, 0.15) is 11.5 Å². The molecule has 4 aromatic heterocycles. The van der Waals surface area contributed by atoms with Gasteiger partial charge in [-0.25, -0.2) is 15.0 Å². The maximum Gasteiger partial charge on any atom is 0.416 e. The number of aliphatic hydroxyl groups is 1. The highest BCUT2D eigenvalue weighted by molar-refractivity contribution is 6.00. The normalized spacial score (nSPS) is 12.7. The Bertz CT molecular complexity index is 1280. The van der Waals surface area contributed by atoms with Gasteiger partial charge in [-0.3, -0.25) is 4.68 Å². The first kappa shape index (κ1) is 22.3. The molecule has 10 nitrogen and oxygen atoms in total. The van der Waals surface area contributed by atoms with Gasteiger partial charge in [-0.05, 0) is 18.6 Å². The number of aromatic amines is 1. The molecule has 0 aliphatic heterocycles. The van der Waals surface area contributed by atoms with Crippen molar-refractivity contribution in [3.63, 3.8) is 0 Å². The highest BCUT2D eigenvalue weighted by atomic mass is 19.4. The lowest BCUT2D eigenvalue weighted by Crippen LogP contribution is -2.35. The summed E-state index contributed by atoms with van der Waals surface area (Å²) in [5.41, 5.74) is 3.20. The SMILES string of the molecule is COc1nn(C)cc1Nc1ncc(C)c(-c2c[nH]c3c(NCC(O)C(F)(F)F)nccc23)n1. The number of hydrogen-bond acceptors (Lipinski definition) is 8. The predicted molar refractivity (Wildman–Crippen MR) is 115 cm³/mol. The standard InChI is InChI=1S/C20H21F3N8O2/c1-10-6-27-19(28-13-9-31(2)30-18(13)33-3)29-15(10)12-7-25-16-11(12)4-5-24-17(16)26-8-14(32)20(21,22)23/h4-7,9,14,25,32H,8H2,1-3H3,(H,24,26)(H,27,28,29). The van der Waals surface area contributed by atoms with E-state index >= 15 is 0 Å². The molecule has 1 atom stereocenters. The molecule has 0 fully saturated rings. The molecular weight excluding hydrogens is 441 g/mol. The maximum absolute atomic E-state index is 12.6. The molecule has 4 N–H and O–H groups in total. The smallest absolute Gasteiger partial charge is 0.416 e. The van der Waals surface area contributed by atoms with Crippen LogP contribution in [0.4, 0.5) is 30.6 Å². The third kappa shape index (κ3) is 4.53. The van der Waals surface area contributed by atoms with Crippen LogP contribution in [0.3, 0.4) is 0 Å². The fourth-order valence-corrected chi connectivity index (χ4v) is 3.29. The summed E-state index contributed by atoms with van der Waals surface area (Å²) < 4.78 is 44.7. The van der Waals surface area contributed by atoms with Crippen LogP contribution < -0.4 is 15.4 Å². The zero-order valence-electron chi connectivity index (χ0n) is 17.9. The van der Waals surface area contributed by atoms with E-state index < -0.39 is 18.8 Å². The molecule has 0 radical (unpaired) electrons. The highest BCUT2D eigenvalue weighted by Gasteiger charge is 2.38. The van der Waals surface area contributed by atoms with Crippen LogP contribution in [0.2, 0.25) is 0 Å². The van der Waals surface area contributed by atoms with Crippen LogP contribution in [0.1, 0.15) is 5.56 Å². The summed E-state index contributed by atoms with van der Waals surface area (Å²) >= 11 is 0. The van der Waals surface area contributed by atoms with Crippen molar-refractivity contribution in [3.05, 3.63) is 36.4 Å². The summed E-state index contributed by atoms with van der Waals surface area (Å²) in [4.78, 5) is 16.1. The van der Waals surface area contributed by atoms with E-state index in [1.165, 1.54) is 13.3 Å². The number of alkyl halides is 3. The number of methoxy groups -OCH3 is 1. The lowest BCUT2D eigenvalue weighted by atomic mass is 10.1. The number of aryl methyl sites for hydroxylation is 2. The first-order chi connectivity index (χ1) is 15.7. The van der Waals surface area contributed by atoms with E-state index in [1.54, 1.807) is 36.4 Å². The summed E-state index contributed by atoms with van der Waals surface area (Å²) in [5, 5.41) is 19.8. The molecule has 0 saturated carbocycles. The van der Waals surface area contributed by atoms with Crippen LogP contribution in [-0.2, 0) is 7.05 Å². The first-order valence-corrected chi connectivity index (χ1v) is 9.80. The minimum absolute atomic E-state index is 0.187. The second-order valence-electron chi connectivity index (χ2n) is 7.30. The quantitative estimate of drug-likeness (QED) is 0.330. The molecule has 0 aromatic carbocycles. The van der Waals surface area contributed by atoms with Crippen LogP contribution >= 0.6 is 0 Å². The summed E-state index contributed by atoms with van der Waals surface area (Å²) in [7, 11) is 3.27. The molecule has 4 rings (SSSR count). The van der Waals surface area contributed by atoms with Crippen LogP contribution in [0.15, 0.2) is 30.9 Å². The van der Waals surface area contributed by atoms with E-state index in [9.17, 15) is 18.3 Å². The van der Waals surface area contributed by atoms with E-state index in [0.717, 1.165) is 5.56 Å². The Morgan fingerprint density at radius 3 is 2.82 bits per heavy atom. The van der Waals surface area contributed by atoms with Crippen molar-refractivity contribution in [2.24, 2.45) is 7.05 Å². The van der Waals surface area contributed by atoms with Gasteiger partial charge in [-0.2, -0.15) is 13.2 Å². The number of anilines is 3. The third-order valence-corrected chi connectivity index (χ3v) is 4.90. The molecule has 4 heterocycles. The number of nitrogens with one attached hydrogen (secondary N) is 3. The number of nitrogens with zero attached hydrogens (tertiary/aromatic N) is 5. The zero-order chi connectivity index (χ0) is 23.8. The van der Waals surface area contributed by atoms with E-state index in [2.05, 4.69) is 35.7 Å². The first-order valence-electron chi connectivity index (χ1n) is 9.80. The number of hydrogen-bond donors (Lipinski definition) is 4. The van der Waals surface area contributed by atoms with Gasteiger partial charge in [-0.15, -0.1) is 5.10 Å². The van der Waals surface area contributed by atoms with Crippen molar-refractivity contribution in [2.75, 3.05) is 24.3 Å². The Hall–Kier alpha value is -3.87. The van der Waals surface area contributed by atoms with Crippen molar-refractivity contribution in [1.29, 1.82) is 0 Å². The number of ether oxygens (including phenoxy) is 1. The Morgan fingerprint density at radius 1 is 1.30 bits per heavy atom. The van der Waals surface area contributed by atoms with Gasteiger partial charge in [0.25, 0.3) is 5.88 Å². The number of H-pyrrole nitrogens is 1. The lowest BCUT2D eigenvalue weighted by molar-refractivity contribution is -0.198. The summed E-state index contributed by atoms with van der Waals surface area (Å²) in [6.07, 6.45) is -0.676. The van der Waals surface area contributed by atoms with Crippen molar-refractivity contribution < 1.29 is 23.0 Å². The number of halogens is 3. The number of fused-ring (bicyclic) bond motifs is 1. The Balaban J connectivity index is 1.66. The van der Waals surface area contributed by atoms with E-state index in [4.69, 9.17) is 4.74 Å². The molecule has 0 aliphatic rings. The molecule has 13 heteroatoms. The molecular formula is C20H21F3N8O2. The topological polar surface area (TPSA) is 126 Å². The fraction of sp³-hybridized carbons (Fsp3) is 0.300. The average molecular weight is 462 g/mol. The summed E-state index contributed by atoms with van der Waals surface area (Å²) in [6, 6.07) is 1.73. The second-order valence-corrected chi connectivity index (χ2v) is 7.30. The molecule has 1 unspecified atom stereocenters. The van der Waals surface area contributed by atoms with Crippen LogP contribution in [0, 0.1) is 6.92 Å². The minimum Gasteiger partial charge on any atom is -0.478 e. The van der Waals surface area contributed by atoms with Crippen molar-refractivity contribution in [1.82, 2.24) is 29.7 Å². The second kappa shape index (κ2) is 8.58. The molecule has 174 valence electrons. The van der Waals surface area contributed by atoms with E-state index in [-0.39, 0.29) is 5.82 Å². The largest absolute Gasteiger partial charge is 0.478 e. The Labute approximate surface area is 185 Å². The summed E-state index contributed by atoms with van der Waals surface area (Å²) in [6.45, 7) is 1.13. The van der Waals surface area contributed by atoms with Crippen LogP contribution in [0.5, 0.6) is 5.88 Å². The Kier molecular flexibility index (Phi) is 5.80. The average Bonchev–Trinajstić information content (AvgIpc) is 3.35. The van der Waals surface area contributed by atoms with Gasteiger partial charge in [0.15, 0.2) is 6.10 Å². The molecule has 0 spiro atoms.